The Morgan fingerprint density at radius 1 is 1.69 bits per heavy atom. The third kappa shape index (κ3) is 4.27. The topological polar surface area (TPSA) is 83.5 Å². The van der Waals surface area contributed by atoms with Crippen molar-refractivity contribution in [2.45, 2.75) is 13.3 Å². The normalized spacial score (nSPS) is 13.7. The maximum atomic E-state index is 8.47. The van der Waals surface area contributed by atoms with E-state index in [1.165, 1.54) is 5.56 Å². The van der Waals surface area contributed by atoms with Gasteiger partial charge in [0.05, 0.1) is 0 Å². The number of aromatic nitrogens is 1. The van der Waals surface area contributed by atoms with Crippen LogP contribution in [0.1, 0.15) is 12.5 Å². The molecule has 1 aromatic rings. The summed E-state index contributed by atoms with van der Waals surface area (Å²) in [6, 6.07) is 3.97. The van der Waals surface area contributed by atoms with E-state index in [2.05, 4.69) is 15.5 Å². The highest BCUT2D eigenvalue weighted by atomic mass is 16.4. The number of hydrogen-bond donors (Lipinski definition) is 3. The van der Waals surface area contributed by atoms with Crippen molar-refractivity contribution < 1.29 is 5.21 Å². The lowest BCUT2D eigenvalue weighted by atomic mass is 10.1. The molecule has 1 atom stereocenters. The van der Waals surface area contributed by atoms with Gasteiger partial charge >= 0.3 is 0 Å². The van der Waals surface area contributed by atoms with Crippen LogP contribution in [0.2, 0.25) is 0 Å². The van der Waals surface area contributed by atoms with Crippen LogP contribution in [-0.4, -0.2) is 29.1 Å². The molecule has 0 aliphatic rings. The molecule has 5 nitrogen and oxygen atoms in total. The molecule has 1 rings (SSSR count). The van der Waals surface area contributed by atoms with Crippen molar-refractivity contribution >= 4 is 5.84 Å². The zero-order chi connectivity index (χ0) is 11.8. The van der Waals surface area contributed by atoms with E-state index in [0.717, 1.165) is 13.0 Å². The number of nitrogens with zero attached hydrogens (tertiary/aromatic N) is 2. The maximum absolute atomic E-state index is 8.47. The third-order valence-electron chi connectivity index (χ3n) is 2.38. The molecule has 88 valence electrons. The number of pyridine rings is 1. The lowest BCUT2D eigenvalue weighted by Gasteiger charge is -2.10. The first kappa shape index (κ1) is 12.4. The molecule has 0 spiro atoms. The van der Waals surface area contributed by atoms with Gasteiger partial charge in [-0.1, -0.05) is 18.1 Å². The van der Waals surface area contributed by atoms with Gasteiger partial charge in [0.2, 0.25) is 0 Å². The largest absolute Gasteiger partial charge is 0.409 e. The monoisotopic (exact) mass is 222 g/mol. The number of nitrogens with one attached hydrogen (secondary N) is 1. The van der Waals surface area contributed by atoms with Gasteiger partial charge in [0.15, 0.2) is 0 Å². The number of amidine groups is 1. The van der Waals surface area contributed by atoms with Crippen LogP contribution < -0.4 is 11.1 Å². The van der Waals surface area contributed by atoms with Crippen LogP contribution >= 0.6 is 0 Å². The summed E-state index contributed by atoms with van der Waals surface area (Å²) in [6.07, 6.45) is 4.54. The maximum Gasteiger partial charge on any atom is 0.143 e. The van der Waals surface area contributed by atoms with Gasteiger partial charge in [-0.2, -0.15) is 0 Å². The van der Waals surface area contributed by atoms with Gasteiger partial charge in [-0.05, 0) is 24.6 Å². The van der Waals surface area contributed by atoms with E-state index >= 15 is 0 Å². The lowest BCUT2D eigenvalue weighted by molar-refractivity contribution is 0.314. The summed E-state index contributed by atoms with van der Waals surface area (Å²) < 4.78 is 0. The summed E-state index contributed by atoms with van der Waals surface area (Å²) >= 11 is 0. The SMILES string of the molecule is CC(CNCCc1cccnc1)C(N)=NO. The molecule has 0 saturated heterocycles. The van der Waals surface area contributed by atoms with Crippen molar-refractivity contribution in [1.82, 2.24) is 10.3 Å². The summed E-state index contributed by atoms with van der Waals surface area (Å²) in [6.45, 7) is 3.47. The second-order valence-corrected chi connectivity index (χ2v) is 3.74. The predicted octanol–water partition coefficient (Wildman–Crippen LogP) is 0.596. The number of oxime groups is 1. The molecule has 0 aromatic carbocycles. The molecule has 5 heteroatoms. The molecule has 0 amide bonds. The van der Waals surface area contributed by atoms with Crippen LogP contribution in [-0.2, 0) is 6.42 Å². The molecule has 0 aliphatic carbocycles. The highest BCUT2D eigenvalue weighted by molar-refractivity contribution is 5.82. The Labute approximate surface area is 95.4 Å². The Kier molecular flexibility index (Phi) is 5.28. The average molecular weight is 222 g/mol. The van der Waals surface area contributed by atoms with Crippen LogP contribution in [0.25, 0.3) is 0 Å². The summed E-state index contributed by atoms with van der Waals surface area (Å²) in [4.78, 5) is 4.04. The second-order valence-electron chi connectivity index (χ2n) is 3.74. The van der Waals surface area contributed by atoms with Crippen LogP contribution in [0.3, 0.4) is 0 Å². The minimum atomic E-state index is 0.0406. The number of rotatable bonds is 6. The summed E-state index contributed by atoms with van der Waals surface area (Å²) in [5.74, 6) is 0.299. The first-order valence-electron chi connectivity index (χ1n) is 5.31. The Bertz CT molecular complexity index is 326. The Morgan fingerprint density at radius 3 is 3.12 bits per heavy atom. The predicted molar refractivity (Wildman–Crippen MR) is 63.4 cm³/mol. The zero-order valence-electron chi connectivity index (χ0n) is 9.43. The van der Waals surface area contributed by atoms with Crippen LogP contribution in [0, 0.1) is 5.92 Å². The fourth-order valence-corrected chi connectivity index (χ4v) is 1.30. The fourth-order valence-electron chi connectivity index (χ4n) is 1.30. The smallest absolute Gasteiger partial charge is 0.143 e. The van der Waals surface area contributed by atoms with Crippen molar-refractivity contribution in [3.8, 4) is 0 Å². The van der Waals surface area contributed by atoms with Gasteiger partial charge in [0.25, 0.3) is 0 Å². The minimum absolute atomic E-state index is 0.0406. The van der Waals surface area contributed by atoms with Gasteiger partial charge in [-0.25, -0.2) is 0 Å². The first-order chi connectivity index (χ1) is 7.74. The summed E-state index contributed by atoms with van der Waals surface area (Å²) in [5, 5.41) is 14.7. The van der Waals surface area contributed by atoms with E-state index in [4.69, 9.17) is 10.9 Å². The van der Waals surface area contributed by atoms with E-state index < -0.39 is 0 Å². The summed E-state index contributed by atoms with van der Waals surface area (Å²) in [5.41, 5.74) is 6.66. The van der Waals surface area contributed by atoms with Gasteiger partial charge in [0.1, 0.15) is 5.84 Å². The van der Waals surface area contributed by atoms with Gasteiger partial charge < -0.3 is 16.3 Å². The van der Waals surface area contributed by atoms with Gasteiger partial charge in [0, 0.05) is 24.9 Å². The van der Waals surface area contributed by atoms with E-state index in [9.17, 15) is 0 Å². The number of hydrogen-bond acceptors (Lipinski definition) is 4. The molecule has 0 bridgehead atoms. The van der Waals surface area contributed by atoms with Gasteiger partial charge in [-0.15, -0.1) is 0 Å². The zero-order valence-corrected chi connectivity index (χ0v) is 9.43. The molecule has 4 N–H and O–H groups in total. The van der Waals surface area contributed by atoms with Crippen molar-refractivity contribution in [3.05, 3.63) is 30.1 Å². The van der Waals surface area contributed by atoms with Crippen LogP contribution in [0.4, 0.5) is 0 Å². The Morgan fingerprint density at radius 2 is 2.50 bits per heavy atom. The minimum Gasteiger partial charge on any atom is -0.409 e. The molecular formula is C11H18N4O. The molecule has 0 radical (unpaired) electrons. The van der Waals surface area contributed by atoms with Crippen molar-refractivity contribution in [3.63, 3.8) is 0 Å². The highest BCUT2D eigenvalue weighted by Crippen LogP contribution is 1.96. The first-order valence-corrected chi connectivity index (χ1v) is 5.31. The Hall–Kier alpha value is -1.62. The molecule has 1 heterocycles. The van der Waals surface area contributed by atoms with E-state index in [1.807, 2.05) is 25.3 Å². The van der Waals surface area contributed by atoms with Crippen molar-refractivity contribution in [1.29, 1.82) is 0 Å². The molecule has 0 aliphatic heterocycles. The molecule has 16 heavy (non-hydrogen) atoms. The molecule has 1 unspecified atom stereocenters. The van der Waals surface area contributed by atoms with E-state index in [-0.39, 0.29) is 11.8 Å². The van der Waals surface area contributed by atoms with Crippen molar-refractivity contribution in [2.24, 2.45) is 16.8 Å². The standard InChI is InChI=1S/C11H18N4O/c1-9(11(12)15-16)7-14-6-4-10-3-2-5-13-8-10/h2-3,5,8-9,14,16H,4,6-7H2,1H3,(H2,12,15). The van der Waals surface area contributed by atoms with Crippen LogP contribution in [0.15, 0.2) is 29.7 Å². The molecule has 0 fully saturated rings. The lowest BCUT2D eigenvalue weighted by Crippen LogP contribution is -2.32. The molecular weight excluding hydrogens is 204 g/mol. The van der Waals surface area contributed by atoms with E-state index in [0.29, 0.717) is 6.54 Å². The highest BCUT2D eigenvalue weighted by Gasteiger charge is 2.05. The second kappa shape index (κ2) is 6.79. The van der Waals surface area contributed by atoms with Gasteiger partial charge in [-0.3, -0.25) is 4.98 Å². The quantitative estimate of drug-likeness (QED) is 0.216. The fraction of sp³-hybridized carbons (Fsp3) is 0.455. The summed E-state index contributed by atoms with van der Waals surface area (Å²) in [7, 11) is 0. The van der Waals surface area contributed by atoms with Crippen LogP contribution in [0.5, 0.6) is 0 Å². The molecule has 0 saturated carbocycles. The van der Waals surface area contributed by atoms with Crippen molar-refractivity contribution in [2.75, 3.05) is 13.1 Å². The third-order valence-corrected chi connectivity index (χ3v) is 2.38. The molecule has 1 aromatic heterocycles. The Balaban J connectivity index is 2.17. The van der Waals surface area contributed by atoms with E-state index in [1.54, 1.807) is 6.20 Å². The average Bonchev–Trinajstić information content (AvgIpc) is 2.34. The number of nitrogens with two attached hydrogens (primary N) is 1.